The summed E-state index contributed by atoms with van der Waals surface area (Å²) in [6.07, 6.45) is 1.15. The molecule has 0 atom stereocenters. The molecule has 0 unspecified atom stereocenters. The zero-order valence-electron chi connectivity index (χ0n) is 14.3. The number of aromatic nitrogens is 1. The molecule has 3 nitrogen and oxygen atoms in total. The van der Waals surface area contributed by atoms with Gasteiger partial charge in [-0.05, 0) is 36.2 Å². The van der Waals surface area contributed by atoms with Crippen molar-refractivity contribution in [2.75, 3.05) is 32.8 Å². The first-order valence-corrected chi connectivity index (χ1v) is 9.75. The zero-order valence-corrected chi connectivity index (χ0v) is 15.9. The van der Waals surface area contributed by atoms with Gasteiger partial charge in [-0.25, -0.2) is 0 Å². The van der Waals surface area contributed by atoms with Gasteiger partial charge in [0.2, 0.25) is 0 Å². The number of morpholine rings is 1. The number of ether oxygens (including phenoxy) is 1. The molecule has 1 saturated heterocycles. The van der Waals surface area contributed by atoms with Crippen LogP contribution in [0.1, 0.15) is 6.42 Å². The first kappa shape index (κ1) is 16.8. The van der Waals surface area contributed by atoms with E-state index in [-0.39, 0.29) is 0 Å². The lowest BCUT2D eigenvalue weighted by Crippen LogP contribution is -2.37. The fourth-order valence-corrected chi connectivity index (χ4v) is 3.99. The third kappa shape index (κ3) is 3.81. The highest BCUT2D eigenvalue weighted by Gasteiger charge is 2.13. The second-order valence-electron chi connectivity index (χ2n) is 6.56. The summed E-state index contributed by atoms with van der Waals surface area (Å²) < 4.78 is 9.05. The Balaban J connectivity index is 1.61. The van der Waals surface area contributed by atoms with Crippen LogP contribution >= 0.6 is 15.9 Å². The van der Waals surface area contributed by atoms with Crippen molar-refractivity contribution >= 4 is 26.8 Å². The highest BCUT2D eigenvalue weighted by Crippen LogP contribution is 2.30. The van der Waals surface area contributed by atoms with Crippen molar-refractivity contribution < 1.29 is 4.74 Å². The molecule has 3 aromatic rings. The molecule has 2 aromatic carbocycles. The molecule has 0 saturated carbocycles. The minimum Gasteiger partial charge on any atom is -0.379 e. The highest BCUT2D eigenvalue weighted by atomic mass is 79.9. The molecule has 2 heterocycles. The van der Waals surface area contributed by atoms with E-state index in [1.807, 2.05) is 0 Å². The van der Waals surface area contributed by atoms with Crippen LogP contribution in [0.4, 0.5) is 0 Å². The van der Waals surface area contributed by atoms with Crippen molar-refractivity contribution in [2.45, 2.75) is 13.0 Å². The first-order valence-electron chi connectivity index (χ1n) is 8.95. The highest BCUT2D eigenvalue weighted by molar-refractivity contribution is 9.10. The molecule has 0 spiro atoms. The van der Waals surface area contributed by atoms with Gasteiger partial charge in [0.1, 0.15) is 0 Å². The lowest BCUT2D eigenvalue weighted by Gasteiger charge is -2.26. The minimum atomic E-state index is 0.871. The molecule has 4 rings (SSSR count). The third-order valence-corrected chi connectivity index (χ3v) is 5.39. The maximum atomic E-state index is 5.45. The van der Waals surface area contributed by atoms with Crippen LogP contribution in [0.15, 0.2) is 59.1 Å². The number of nitrogens with zero attached hydrogens (tertiary/aromatic N) is 2. The van der Waals surface area contributed by atoms with Crippen LogP contribution < -0.4 is 0 Å². The summed E-state index contributed by atoms with van der Waals surface area (Å²) in [5.41, 5.74) is 3.89. The number of hydrogen-bond donors (Lipinski definition) is 0. The van der Waals surface area contributed by atoms with Crippen molar-refractivity contribution in [1.29, 1.82) is 0 Å². The van der Waals surface area contributed by atoms with Crippen molar-refractivity contribution in [3.05, 3.63) is 59.1 Å². The van der Waals surface area contributed by atoms with E-state index in [2.05, 4.69) is 80.0 Å². The fraction of sp³-hybridized carbons (Fsp3) is 0.333. The second-order valence-corrected chi connectivity index (χ2v) is 7.47. The molecule has 1 aromatic heterocycles. The van der Waals surface area contributed by atoms with Crippen molar-refractivity contribution in [3.63, 3.8) is 0 Å². The van der Waals surface area contributed by atoms with Crippen LogP contribution in [0, 0.1) is 0 Å². The molecule has 130 valence electrons. The van der Waals surface area contributed by atoms with E-state index in [0.717, 1.165) is 50.3 Å². The van der Waals surface area contributed by atoms with Crippen molar-refractivity contribution in [2.24, 2.45) is 0 Å². The van der Waals surface area contributed by atoms with Gasteiger partial charge in [-0.1, -0.05) is 46.3 Å². The predicted molar refractivity (Wildman–Crippen MR) is 107 cm³/mol. The summed E-state index contributed by atoms with van der Waals surface area (Å²) in [7, 11) is 0. The van der Waals surface area contributed by atoms with E-state index in [1.165, 1.54) is 22.2 Å². The molecular formula is C21H23BrN2O. The van der Waals surface area contributed by atoms with Gasteiger partial charge in [0.25, 0.3) is 0 Å². The largest absolute Gasteiger partial charge is 0.379 e. The van der Waals surface area contributed by atoms with Gasteiger partial charge in [-0.3, -0.25) is 4.90 Å². The van der Waals surface area contributed by atoms with Crippen LogP contribution in [0.25, 0.3) is 22.2 Å². The molecule has 1 aliphatic rings. The normalized spacial score (nSPS) is 15.7. The quantitative estimate of drug-likeness (QED) is 0.614. The molecule has 1 fully saturated rings. The number of hydrogen-bond acceptors (Lipinski definition) is 2. The standard InChI is InChI=1S/C21H23BrN2O/c22-19-7-8-20-18(15-19)16-21(17-5-2-1-3-6-17)24(20)10-4-9-23-11-13-25-14-12-23/h1-3,5-8,15-16H,4,9-14H2. The summed E-state index contributed by atoms with van der Waals surface area (Å²) in [4.78, 5) is 2.51. The van der Waals surface area contributed by atoms with Crippen LogP contribution in [0.5, 0.6) is 0 Å². The van der Waals surface area contributed by atoms with Crippen LogP contribution in [0.3, 0.4) is 0 Å². The Labute approximate surface area is 157 Å². The molecular weight excluding hydrogens is 376 g/mol. The Morgan fingerprint density at radius 1 is 0.920 bits per heavy atom. The summed E-state index contributed by atoms with van der Waals surface area (Å²) in [6.45, 7) is 6.03. The van der Waals surface area contributed by atoms with Crippen molar-refractivity contribution in [1.82, 2.24) is 9.47 Å². The van der Waals surface area contributed by atoms with Gasteiger partial charge in [-0.15, -0.1) is 0 Å². The SMILES string of the molecule is Brc1ccc2c(c1)cc(-c1ccccc1)n2CCCN1CCOCC1. The molecule has 0 radical (unpaired) electrons. The van der Waals surface area contributed by atoms with Gasteiger partial charge in [-0.2, -0.15) is 0 Å². The number of fused-ring (bicyclic) bond motifs is 1. The summed E-state index contributed by atoms with van der Waals surface area (Å²) in [5.74, 6) is 0. The van der Waals surface area contributed by atoms with Gasteiger partial charge in [0, 0.05) is 47.2 Å². The molecule has 25 heavy (non-hydrogen) atoms. The van der Waals surface area contributed by atoms with E-state index >= 15 is 0 Å². The Morgan fingerprint density at radius 2 is 1.72 bits per heavy atom. The van der Waals surface area contributed by atoms with Crippen LogP contribution in [0.2, 0.25) is 0 Å². The number of benzene rings is 2. The van der Waals surface area contributed by atoms with Gasteiger partial charge >= 0.3 is 0 Å². The van der Waals surface area contributed by atoms with E-state index < -0.39 is 0 Å². The van der Waals surface area contributed by atoms with Crippen LogP contribution in [-0.4, -0.2) is 42.3 Å². The van der Waals surface area contributed by atoms with E-state index in [4.69, 9.17) is 4.74 Å². The second kappa shape index (κ2) is 7.73. The Morgan fingerprint density at radius 3 is 2.52 bits per heavy atom. The maximum absolute atomic E-state index is 5.45. The zero-order chi connectivity index (χ0) is 17.1. The Bertz CT molecular complexity index is 838. The average Bonchev–Trinajstić information content (AvgIpc) is 3.01. The van der Waals surface area contributed by atoms with E-state index in [0.29, 0.717) is 0 Å². The van der Waals surface area contributed by atoms with Gasteiger partial charge in [0.05, 0.1) is 13.2 Å². The lowest BCUT2D eigenvalue weighted by atomic mass is 10.1. The smallest absolute Gasteiger partial charge is 0.0594 e. The molecule has 0 amide bonds. The Hall–Kier alpha value is -1.62. The summed E-state index contributed by atoms with van der Waals surface area (Å²) in [6, 6.07) is 19.6. The fourth-order valence-electron chi connectivity index (χ4n) is 3.61. The molecule has 0 bridgehead atoms. The number of halogens is 1. The van der Waals surface area contributed by atoms with Gasteiger partial charge in [0.15, 0.2) is 0 Å². The van der Waals surface area contributed by atoms with E-state index in [1.54, 1.807) is 0 Å². The van der Waals surface area contributed by atoms with Crippen molar-refractivity contribution in [3.8, 4) is 11.3 Å². The maximum Gasteiger partial charge on any atom is 0.0594 e. The summed E-state index contributed by atoms with van der Waals surface area (Å²) >= 11 is 3.60. The molecule has 0 aliphatic carbocycles. The molecule has 4 heteroatoms. The third-order valence-electron chi connectivity index (χ3n) is 4.89. The topological polar surface area (TPSA) is 17.4 Å². The minimum absolute atomic E-state index is 0.871. The average molecular weight is 399 g/mol. The van der Waals surface area contributed by atoms with E-state index in [9.17, 15) is 0 Å². The molecule has 1 aliphatic heterocycles. The summed E-state index contributed by atoms with van der Waals surface area (Å²) in [5, 5.41) is 1.29. The number of rotatable bonds is 5. The number of aryl methyl sites for hydroxylation is 1. The monoisotopic (exact) mass is 398 g/mol. The predicted octanol–water partition coefficient (Wildman–Crippen LogP) is 4.79. The molecule has 0 N–H and O–H groups in total. The van der Waals surface area contributed by atoms with Gasteiger partial charge < -0.3 is 9.30 Å². The van der Waals surface area contributed by atoms with Crippen LogP contribution in [-0.2, 0) is 11.3 Å². The Kier molecular flexibility index (Phi) is 5.20. The lowest BCUT2D eigenvalue weighted by molar-refractivity contribution is 0.0370. The first-order chi connectivity index (χ1) is 12.3.